The Morgan fingerprint density at radius 3 is 2.29 bits per heavy atom. The highest BCUT2D eigenvalue weighted by molar-refractivity contribution is 7.89. The van der Waals surface area contributed by atoms with E-state index in [9.17, 15) is 18.0 Å². The molecule has 1 unspecified atom stereocenters. The number of carbonyl (C=O) groups excluding carboxylic acids is 2. The molecule has 0 aromatic carbocycles. The highest BCUT2D eigenvalue weighted by atomic mass is 35.5. The van der Waals surface area contributed by atoms with E-state index in [1.807, 2.05) is 0 Å². The predicted octanol–water partition coefficient (Wildman–Crippen LogP) is -0.772. The van der Waals surface area contributed by atoms with Crippen LogP contribution in [0, 0.1) is 5.92 Å². The average molecular weight is 381 g/mol. The van der Waals surface area contributed by atoms with Gasteiger partial charge in [0.2, 0.25) is 11.0 Å². The maximum Gasteiger partial charge on any atom is 0.284 e. The minimum Gasteiger partial charge on any atom is -0.438 e. The third-order valence-corrected chi connectivity index (χ3v) is 5.52. The van der Waals surface area contributed by atoms with Crippen molar-refractivity contribution in [2.45, 2.75) is 12.0 Å². The lowest BCUT2D eigenvalue weighted by Crippen LogP contribution is -2.52. The molecule has 1 aromatic rings. The minimum atomic E-state index is -3.85. The van der Waals surface area contributed by atoms with Crippen LogP contribution in [0.4, 0.5) is 0 Å². The van der Waals surface area contributed by atoms with E-state index in [4.69, 9.17) is 15.9 Å². The quantitative estimate of drug-likeness (QED) is 0.687. The van der Waals surface area contributed by atoms with Gasteiger partial charge in [0.05, 0.1) is 0 Å². The summed E-state index contributed by atoms with van der Waals surface area (Å²) >= 11 is 0. The summed E-state index contributed by atoms with van der Waals surface area (Å²) in [7, 11) is -3.85. The molecule has 24 heavy (non-hydrogen) atoms. The molecule has 1 aliphatic heterocycles. The molecule has 1 saturated heterocycles. The Labute approximate surface area is 146 Å². The largest absolute Gasteiger partial charge is 0.438 e. The summed E-state index contributed by atoms with van der Waals surface area (Å²) in [4.78, 5) is 24.6. The molecule has 2 heterocycles. The average Bonchev–Trinajstić information content (AvgIpc) is 3.04. The molecule has 9 nitrogen and oxygen atoms in total. The smallest absolute Gasteiger partial charge is 0.284 e. The molecule has 0 spiro atoms. The van der Waals surface area contributed by atoms with E-state index < -0.39 is 15.9 Å². The number of nitrogens with zero attached hydrogens (tertiary/aromatic N) is 2. The maximum atomic E-state index is 12.4. The van der Waals surface area contributed by atoms with Crippen molar-refractivity contribution in [1.29, 1.82) is 0 Å². The molecular formula is C13H21ClN4O5S. The van der Waals surface area contributed by atoms with Crippen LogP contribution in [0.15, 0.2) is 21.6 Å². The molecule has 0 saturated carbocycles. The second-order valence-electron chi connectivity index (χ2n) is 5.35. The van der Waals surface area contributed by atoms with Crippen LogP contribution in [0.1, 0.15) is 17.5 Å². The lowest BCUT2D eigenvalue weighted by atomic mass is 10.1. The van der Waals surface area contributed by atoms with Gasteiger partial charge in [-0.2, -0.15) is 4.31 Å². The Bertz CT molecular complexity index is 697. The van der Waals surface area contributed by atoms with Gasteiger partial charge in [0.25, 0.3) is 15.9 Å². The van der Waals surface area contributed by atoms with Crippen molar-refractivity contribution in [3.8, 4) is 0 Å². The van der Waals surface area contributed by atoms with Gasteiger partial charge in [0.15, 0.2) is 5.76 Å². The zero-order valence-electron chi connectivity index (χ0n) is 13.2. The molecule has 136 valence electrons. The zero-order valence-corrected chi connectivity index (χ0v) is 14.8. The summed E-state index contributed by atoms with van der Waals surface area (Å²) < 4.78 is 31.1. The van der Waals surface area contributed by atoms with Crippen molar-refractivity contribution < 1.29 is 22.4 Å². The standard InChI is InChI=1S/C13H20N4O5S.ClH/c1-9(8-14)13(19)16-4-6-17(7-5-16)23(20,21)11-3-2-10(22-11)12(15)18;/h2-3,9H,4-8,14H2,1H3,(H2,15,18);1H. The first-order chi connectivity index (χ1) is 10.8. The highest BCUT2D eigenvalue weighted by Crippen LogP contribution is 2.20. The summed E-state index contributed by atoms with van der Waals surface area (Å²) in [5.41, 5.74) is 10.5. The number of furan rings is 1. The topological polar surface area (TPSA) is 140 Å². The van der Waals surface area contributed by atoms with Crippen LogP contribution in [0.5, 0.6) is 0 Å². The van der Waals surface area contributed by atoms with Crippen molar-refractivity contribution >= 4 is 34.2 Å². The number of sulfonamides is 1. The Kier molecular flexibility index (Phi) is 6.78. The molecule has 1 atom stereocenters. The van der Waals surface area contributed by atoms with Crippen LogP contribution < -0.4 is 11.5 Å². The predicted molar refractivity (Wildman–Crippen MR) is 88.0 cm³/mol. The van der Waals surface area contributed by atoms with Gasteiger partial charge in [-0.1, -0.05) is 6.92 Å². The van der Waals surface area contributed by atoms with Gasteiger partial charge in [-0.3, -0.25) is 9.59 Å². The molecule has 2 rings (SSSR count). The minimum absolute atomic E-state index is 0. The van der Waals surface area contributed by atoms with Gasteiger partial charge in [0, 0.05) is 38.6 Å². The number of rotatable bonds is 5. The van der Waals surface area contributed by atoms with E-state index in [1.165, 1.54) is 16.4 Å². The Hall–Kier alpha value is -1.62. The normalized spacial score (nSPS) is 17.2. The van der Waals surface area contributed by atoms with Crippen molar-refractivity contribution in [3.05, 3.63) is 17.9 Å². The van der Waals surface area contributed by atoms with Gasteiger partial charge in [-0.15, -0.1) is 12.4 Å². The number of piperazine rings is 1. The van der Waals surface area contributed by atoms with E-state index in [-0.39, 0.29) is 67.8 Å². The fourth-order valence-electron chi connectivity index (χ4n) is 2.28. The van der Waals surface area contributed by atoms with Crippen LogP contribution in [0.3, 0.4) is 0 Å². The second-order valence-corrected chi connectivity index (χ2v) is 7.22. The monoisotopic (exact) mass is 380 g/mol. The number of nitrogens with two attached hydrogens (primary N) is 2. The number of hydrogen-bond donors (Lipinski definition) is 2. The van der Waals surface area contributed by atoms with E-state index in [0.717, 1.165) is 0 Å². The Balaban J connectivity index is 0.00000288. The zero-order chi connectivity index (χ0) is 17.2. The van der Waals surface area contributed by atoms with Crippen molar-refractivity contribution in [2.75, 3.05) is 32.7 Å². The number of primary amides is 1. The van der Waals surface area contributed by atoms with E-state index in [0.29, 0.717) is 0 Å². The van der Waals surface area contributed by atoms with Crippen LogP contribution in [-0.2, 0) is 14.8 Å². The summed E-state index contributed by atoms with van der Waals surface area (Å²) in [5.74, 6) is -1.42. The van der Waals surface area contributed by atoms with Gasteiger partial charge < -0.3 is 20.8 Å². The fourth-order valence-corrected chi connectivity index (χ4v) is 3.61. The van der Waals surface area contributed by atoms with E-state index in [2.05, 4.69) is 0 Å². The van der Waals surface area contributed by atoms with Crippen LogP contribution >= 0.6 is 12.4 Å². The SMILES string of the molecule is CC(CN)C(=O)N1CCN(S(=O)(=O)c2ccc(C(N)=O)o2)CC1.Cl. The van der Waals surface area contributed by atoms with Crippen molar-refractivity contribution in [1.82, 2.24) is 9.21 Å². The molecule has 1 fully saturated rings. The maximum absolute atomic E-state index is 12.4. The van der Waals surface area contributed by atoms with Gasteiger partial charge >= 0.3 is 0 Å². The van der Waals surface area contributed by atoms with Crippen LogP contribution in [0.25, 0.3) is 0 Å². The number of carbonyl (C=O) groups is 2. The molecule has 1 aliphatic rings. The molecule has 0 radical (unpaired) electrons. The van der Waals surface area contributed by atoms with Crippen molar-refractivity contribution in [2.24, 2.45) is 17.4 Å². The lowest BCUT2D eigenvalue weighted by Gasteiger charge is -2.34. The first-order valence-electron chi connectivity index (χ1n) is 7.16. The highest BCUT2D eigenvalue weighted by Gasteiger charge is 2.33. The molecular weight excluding hydrogens is 360 g/mol. The van der Waals surface area contributed by atoms with Gasteiger partial charge in [-0.05, 0) is 12.1 Å². The summed E-state index contributed by atoms with van der Waals surface area (Å²) in [6.07, 6.45) is 0. The van der Waals surface area contributed by atoms with Gasteiger partial charge in [0.1, 0.15) is 0 Å². The lowest BCUT2D eigenvalue weighted by molar-refractivity contribution is -0.135. The van der Waals surface area contributed by atoms with Crippen LogP contribution in [0.2, 0.25) is 0 Å². The molecule has 0 aliphatic carbocycles. The molecule has 11 heteroatoms. The summed E-state index contributed by atoms with van der Waals surface area (Å²) in [6, 6.07) is 2.42. The molecule has 1 aromatic heterocycles. The van der Waals surface area contributed by atoms with Gasteiger partial charge in [-0.25, -0.2) is 8.42 Å². The van der Waals surface area contributed by atoms with Crippen LogP contribution in [-0.4, -0.2) is 62.2 Å². The first kappa shape index (κ1) is 20.4. The Morgan fingerprint density at radius 2 is 1.83 bits per heavy atom. The number of amides is 2. The third-order valence-electron chi connectivity index (χ3n) is 3.74. The van der Waals surface area contributed by atoms with E-state index >= 15 is 0 Å². The summed E-state index contributed by atoms with van der Waals surface area (Å²) in [6.45, 7) is 2.85. The van der Waals surface area contributed by atoms with Crippen molar-refractivity contribution in [3.63, 3.8) is 0 Å². The molecule has 0 bridgehead atoms. The second kappa shape index (κ2) is 7.97. The number of hydrogen-bond acceptors (Lipinski definition) is 6. The van der Waals surface area contributed by atoms with E-state index in [1.54, 1.807) is 11.8 Å². The number of halogens is 1. The Morgan fingerprint density at radius 1 is 1.25 bits per heavy atom. The first-order valence-corrected chi connectivity index (χ1v) is 8.60. The fraction of sp³-hybridized carbons (Fsp3) is 0.538. The molecule has 4 N–H and O–H groups in total. The third kappa shape index (κ3) is 4.07. The molecule has 2 amide bonds. The summed E-state index contributed by atoms with van der Waals surface area (Å²) in [5, 5.41) is -0.332.